The SMILES string of the molecule is C/C=C/CC(C)(C)C1C\C=C/C=C\C=C\C(OC)Cc2nc(co2)C(=O)OC(C(C)(C)C/C=C/C)C/C=C\C(O)C(O)/C=C/C=C\c2nc(co2)C(=O)O1. The Labute approximate surface area is 319 Å². The molecule has 0 spiro atoms. The van der Waals surface area contributed by atoms with Gasteiger partial charge in [-0.1, -0.05) is 119 Å². The summed E-state index contributed by atoms with van der Waals surface area (Å²) in [6.45, 7) is 11.9. The van der Waals surface area contributed by atoms with E-state index in [0.29, 0.717) is 25.2 Å². The van der Waals surface area contributed by atoms with Gasteiger partial charge in [0.2, 0.25) is 5.89 Å². The Morgan fingerprint density at radius 1 is 0.741 bits per heavy atom. The zero-order chi connectivity index (χ0) is 39.6. The van der Waals surface area contributed by atoms with E-state index in [-0.39, 0.29) is 41.6 Å². The highest BCUT2D eigenvalue weighted by Crippen LogP contribution is 2.33. The van der Waals surface area contributed by atoms with Crippen molar-refractivity contribution >= 4 is 18.0 Å². The first-order chi connectivity index (χ1) is 25.8. The Kier molecular flexibility index (Phi) is 17.6. The average molecular weight is 745 g/mol. The zero-order valence-corrected chi connectivity index (χ0v) is 32.5. The fourth-order valence-corrected chi connectivity index (χ4v) is 5.38. The molecule has 0 saturated carbocycles. The van der Waals surface area contributed by atoms with Crippen LogP contribution in [0.4, 0.5) is 0 Å². The molecule has 0 aromatic carbocycles. The van der Waals surface area contributed by atoms with Gasteiger partial charge in [-0.3, -0.25) is 0 Å². The van der Waals surface area contributed by atoms with Crippen molar-refractivity contribution in [2.75, 3.05) is 7.11 Å². The zero-order valence-electron chi connectivity index (χ0n) is 32.5. The van der Waals surface area contributed by atoms with E-state index in [0.717, 1.165) is 0 Å². The van der Waals surface area contributed by atoms with Crippen molar-refractivity contribution < 1.29 is 42.8 Å². The number of nitrogens with zero attached hydrogens (tertiary/aromatic N) is 2. The molecule has 5 unspecified atom stereocenters. The van der Waals surface area contributed by atoms with E-state index in [4.69, 9.17) is 23.0 Å². The molecule has 0 fully saturated rings. The fourth-order valence-electron chi connectivity index (χ4n) is 5.38. The van der Waals surface area contributed by atoms with Crippen LogP contribution in [0.2, 0.25) is 0 Å². The smallest absolute Gasteiger partial charge is 0.360 e. The number of fused-ring (bicyclic) bond motifs is 4. The minimum atomic E-state index is -1.23. The number of allylic oxidation sites excluding steroid dienone is 10. The molecule has 5 atom stereocenters. The molecule has 1 aliphatic rings. The Morgan fingerprint density at radius 2 is 1.30 bits per heavy atom. The minimum absolute atomic E-state index is 0.0336. The van der Waals surface area contributed by atoms with E-state index in [1.165, 1.54) is 36.8 Å². The molecule has 3 heterocycles. The highest BCUT2D eigenvalue weighted by molar-refractivity contribution is 5.87. The highest BCUT2D eigenvalue weighted by atomic mass is 16.6. The first-order valence-electron chi connectivity index (χ1n) is 18.2. The third-order valence-electron chi connectivity index (χ3n) is 9.01. The summed E-state index contributed by atoms with van der Waals surface area (Å²) < 4.78 is 28.6. The van der Waals surface area contributed by atoms with Crippen LogP contribution in [0.15, 0.2) is 113 Å². The molecule has 11 nitrogen and oxygen atoms in total. The van der Waals surface area contributed by atoms with Crippen LogP contribution < -0.4 is 0 Å². The summed E-state index contributed by atoms with van der Waals surface area (Å²) >= 11 is 0. The summed E-state index contributed by atoms with van der Waals surface area (Å²) in [5, 5.41) is 21.2. The standard InChI is InChI=1S/C43H56N2O9/c1-8-10-26-42(3,4)36-23-16-14-12-13-15-20-31(50-7)28-39-45-33(30-52-39)41(49)54-37(43(5,6)27-11-9-2)24-19-22-35(47)34(46)21-17-18-25-38-44-32(29-51-38)40(48)53-36/h8-22,25,29-31,34-37,46-47H,23-24,26-28H2,1-7H3/b10-8+,11-9+,13-12-,16-14-,20-15+,21-17+,22-19-,25-18-. The lowest BCUT2D eigenvalue weighted by atomic mass is 9.81. The van der Waals surface area contributed by atoms with Crippen molar-refractivity contribution in [3.8, 4) is 0 Å². The Morgan fingerprint density at radius 3 is 1.93 bits per heavy atom. The van der Waals surface area contributed by atoms with Gasteiger partial charge in [0.15, 0.2) is 17.3 Å². The molecule has 2 N–H and O–H groups in total. The molecule has 0 saturated heterocycles. The van der Waals surface area contributed by atoms with Crippen molar-refractivity contribution in [2.24, 2.45) is 10.8 Å². The number of aliphatic hydroxyl groups excluding tert-OH is 2. The molecule has 0 radical (unpaired) electrons. The summed E-state index contributed by atoms with van der Waals surface area (Å²) in [6, 6.07) is 0. The normalized spacial score (nSPS) is 26.8. The first kappa shape index (κ1) is 43.6. The number of methoxy groups -OCH3 is 1. The summed E-state index contributed by atoms with van der Waals surface area (Å²) in [7, 11) is 1.58. The topological polar surface area (TPSA) is 154 Å². The summed E-state index contributed by atoms with van der Waals surface area (Å²) in [5.41, 5.74) is -0.774. The number of rotatable bonds is 7. The van der Waals surface area contributed by atoms with E-state index in [1.54, 1.807) is 19.3 Å². The Balaban J connectivity index is 1.90. The second-order valence-electron chi connectivity index (χ2n) is 14.3. The highest BCUT2D eigenvalue weighted by Gasteiger charge is 2.33. The maximum Gasteiger partial charge on any atom is 0.360 e. The molecule has 0 aliphatic carbocycles. The molecule has 11 heteroatoms. The molecular weight excluding hydrogens is 688 g/mol. The first-order valence-corrected chi connectivity index (χ1v) is 18.2. The van der Waals surface area contributed by atoms with E-state index in [9.17, 15) is 19.8 Å². The number of hydrogen-bond acceptors (Lipinski definition) is 11. The number of esters is 2. The van der Waals surface area contributed by atoms with Crippen LogP contribution in [0.25, 0.3) is 6.08 Å². The maximum absolute atomic E-state index is 13.3. The van der Waals surface area contributed by atoms with E-state index >= 15 is 0 Å². The van der Waals surface area contributed by atoms with Crippen LogP contribution in [0.1, 0.15) is 100.0 Å². The van der Waals surface area contributed by atoms with E-state index < -0.39 is 41.8 Å². The average Bonchev–Trinajstić information content (AvgIpc) is 3.82. The molecule has 54 heavy (non-hydrogen) atoms. The van der Waals surface area contributed by atoms with Crippen LogP contribution >= 0.6 is 0 Å². The van der Waals surface area contributed by atoms with Gasteiger partial charge in [0.25, 0.3) is 0 Å². The molecule has 2 aromatic rings. The number of aliphatic hydroxyl groups is 2. The molecule has 2 aromatic heterocycles. The van der Waals surface area contributed by atoms with Gasteiger partial charge < -0.3 is 33.3 Å². The summed E-state index contributed by atoms with van der Waals surface area (Å²) in [4.78, 5) is 35.1. The third-order valence-corrected chi connectivity index (χ3v) is 9.01. The Hall–Kier alpha value is -4.84. The van der Waals surface area contributed by atoms with Gasteiger partial charge in [-0.25, -0.2) is 19.6 Å². The third kappa shape index (κ3) is 14.2. The van der Waals surface area contributed by atoms with Gasteiger partial charge in [0.1, 0.15) is 36.9 Å². The number of ether oxygens (including phenoxy) is 3. The number of cyclic esters (lactones) is 2. The predicted octanol–water partition coefficient (Wildman–Crippen LogP) is 8.27. The number of carbonyl (C=O) groups excluding carboxylic acids is 2. The minimum Gasteiger partial charge on any atom is -0.457 e. The van der Waals surface area contributed by atoms with Crippen LogP contribution in [0, 0.1) is 10.8 Å². The number of carbonyl (C=O) groups is 2. The van der Waals surface area contributed by atoms with Crippen molar-refractivity contribution in [3.63, 3.8) is 0 Å². The number of hydrogen-bond donors (Lipinski definition) is 2. The monoisotopic (exact) mass is 744 g/mol. The van der Waals surface area contributed by atoms with Crippen molar-refractivity contribution in [3.05, 3.63) is 127 Å². The second-order valence-corrected chi connectivity index (χ2v) is 14.3. The largest absolute Gasteiger partial charge is 0.457 e. The molecule has 292 valence electrons. The van der Waals surface area contributed by atoms with Crippen LogP contribution in [0.5, 0.6) is 0 Å². The van der Waals surface area contributed by atoms with Crippen molar-refractivity contribution in [2.45, 2.75) is 104 Å². The number of aromatic nitrogens is 2. The van der Waals surface area contributed by atoms with Gasteiger partial charge in [-0.2, -0.15) is 0 Å². The van der Waals surface area contributed by atoms with Gasteiger partial charge in [-0.15, -0.1) is 0 Å². The van der Waals surface area contributed by atoms with E-state index in [2.05, 4.69) is 9.97 Å². The molecule has 3 rings (SSSR count). The lowest BCUT2D eigenvalue weighted by molar-refractivity contribution is -0.00696. The predicted molar refractivity (Wildman–Crippen MR) is 208 cm³/mol. The fraction of sp³-hybridized carbons (Fsp3) is 0.442. The van der Waals surface area contributed by atoms with Crippen LogP contribution in [0.3, 0.4) is 0 Å². The maximum atomic E-state index is 13.3. The Bertz CT molecular complexity index is 1720. The van der Waals surface area contributed by atoms with Gasteiger partial charge in [0, 0.05) is 36.9 Å². The van der Waals surface area contributed by atoms with E-state index in [1.807, 2.05) is 102 Å². The van der Waals surface area contributed by atoms with Crippen LogP contribution in [-0.2, 0) is 20.6 Å². The number of oxazole rings is 2. The molecule has 4 bridgehead atoms. The molecule has 0 amide bonds. The van der Waals surface area contributed by atoms with Gasteiger partial charge in [-0.05, 0) is 26.7 Å². The molecular formula is C43H56N2O9. The quantitative estimate of drug-likeness (QED) is 0.208. The lowest BCUT2D eigenvalue weighted by Crippen LogP contribution is -2.33. The summed E-state index contributed by atoms with van der Waals surface area (Å²) in [6.07, 6.45) is 29.4. The van der Waals surface area contributed by atoms with Gasteiger partial charge >= 0.3 is 11.9 Å². The van der Waals surface area contributed by atoms with Crippen LogP contribution in [-0.4, -0.2) is 69.7 Å². The van der Waals surface area contributed by atoms with Gasteiger partial charge in [0.05, 0.1) is 12.5 Å². The van der Waals surface area contributed by atoms with Crippen molar-refractivity contribution in [1.82, 2.24) is 9.97 Å². The second kappa shape index (κ2) is 21.8. The molecule has 1 aliphatic heterocycles. The summed E-state index contributed by atoms with van der Waals surface area (Å²) in [5.74, 6) is -0.751. The lowest BCUT2D eigenvalue weighted by Gasteiger charge is -2.32. The van der Waals surface area contributed by atoms with Crippen molar-refractivity contribution in [1.29, 1.82) is 0 Å².